The van der Waals surface area contributed by atoms with E-state index in [1.54, 1.807) is 36.4 Å². The summed E-state index contributed by atoms with van der Waals surface area (Å²) in [5.41, 5.74) is 12.6. The maximum absolute atomic E-state index is 12.6. The predicted molar refractivity (Wildman–Crippen MR) is 94.7 cm³/mol. The van der Waals surface area contributed by atoms with Gasteiger partial charge in [-0.05, 0) is 29.8 Å². The zero-order valence-electron chi connectivity index (χ0n) is 13.4. The number of aromatic nitrogens is 1. The van der Waals surface area contributed by atoms with E-state index in [0.717, 1.165) is 5.69 Å². The number of hydrazine groups is 1. The van der Waals surface area contributed by atoms with Crippen molar-refractivity contribution in [1.29, 1.82) is 0 Å². The van der Waals surface area contributed by atoms with Crippen molar-refractivity contribution in [1.82, 2.24) is 15.4 Å². The van der Waals surface area contributed by atoms with Crippen LogP contribution in [0.4, 0.5) is 0 Å². The number of nitrogens with two attached hydrogens (primary N) is 1. The van der Waals surface area contributed by atoms with E-state index in [1.165, 1.54) is 0 Å². The molecule has 25 heavy (non-hydrogen) atoms. The molecule has 2 aromatic carbocycles. The summed E-state index contributed by atoms with van der Waals surface area (Å²) in [6.45, 7) is 0. The lowest BCUT2D eigenvalue weighted by Gasteiger charge is -2.17. The number of hydrogen-bond donors (Lipinski definition) is 3. The van der Waals surface area contributed by atoms with E-state index in [4.69, 9.17) is 5.73 Å². The molecule has 0 saturated heterocycles. The molecule has 4 N–H and O–H groups in total. The fraction of sp³-hybridized carbons (Fsp3) is 0.0526. The van der Waals surface area contributed by atoms with E-state index >= 15 is 0 Å². The third-order valence-electron chi connectivity index (χ3n) is 3.78. The average molecular weight is 334 g/mol. The molecule has 0 spiro atoms. The lowest BCUT2D eigenvalue weighted by Crippen LogP contribution is -2.45. The molecule has 1 aromatic heterocycles. The molecule has 3 aromatic rings. The number of carbonyl (C=O) groups excluding carboxylic acids is 2. The molecule has 1 unspecified atom stereocenters. The quantitative estimate of drug-likeness (QED) is 0.602. The Labute approximate surface area is 145 Å². The molecule has 0 aliphatic heterocycles. The molecular weight excluding hydrogens is 316 g/mol. The fourth-order valence-electron chi connectivity index (χ4n) is 2.56. The van der Waals surface area contributed by atoms with E-state index < -0.39 is 11.9 Å². The average Bonchev–Trinajstić information content (AvgIpc) is 3.17. The van der Waals surface area contributed by atoms with Crippen molar-refractivity contribution in [2.24, 2.45) is 5.73 Å². The number of nitrogens with zero attached hydrogens (tertiary/aromatic N) is 1. The first-order valence-corrected chi connectivity index (χ1v) is 7.79. The van der Waals surface area contributed by atoms with Crippen molar-refractivity contribution >= 4 is 11.8 Å². The van der Waals surface area contributed by atoms with Gasteiger partial charge in [0, 0.05) is 12.4 Å². The monoisotopic (exact) mass is 334 g/mol. The maximum Gasteiger partial charge on any atom is 0.267 e. The largest absolute Gasteiger partial charge is 0.368 e. The van der Waals surface area contributed by atoms with Crippen LogP contribution in [0.1, 0.15) is 22.0 Å². The van der Waals surface area contributed by atoms with E-state index in [0.29, 0.717) is 11.1 Å². The smallest absolute Gasteiger partial charge is 0.267 e. The van der Waals surface area contributed by atoms with Crippen LogP contribution in [0.25, 0.3) is 5.69 Å². The summed E-state index contributed by atoms with van der Waals surface area (Å²) in [4.78, 5) is 24.3. The van der Waals surface area contributed by atoms with E-state index in [9.17, 15) is 9.59 Å². The number of benzene rings is 2. The van der Waals surface area contributed by atoms with Crippen LogP contribution < -0.4 is 16.6 Å². The molecule has 126 valence electrons. The zero-order valence-corrected chi connectivity index (χ0v) is 13.4. The number of amides is 2. The van der Waals surface area contributed by atoms with E-state index in [1.807, 2.05) is 47.3 Å². The molecule has 0 bridgehead atoms. The SMILES string of the molecule is NC(=O)C(NNC(=O)c1ccccc1-n1cccc1)c1ccccc1. The van der Waals surface area contributed by atoms with Crippen LogP contribution in [-0.4, -0.2) is 16.4 Å². The molecule has 6 nitrogen and oxygen atoms in total. The summed E-state index contributed by atoms with van der Waals surface area (Å²) in [5, 5.41) is 0. The molecule has 0 aliphatic carbocycles. The predicted octanol–water partition coefficient (Wildman–Crippen LogP) is 1.94. The normalized spacial score (nSPS) is 11.7. The van der Waals surface area contributed by atoms with E-state index in [-0.39, 0.29) is 5.91 Å². The van der Waals surface area contributed by atoms with Crippen molar-refractivity contribution in [3.63, 3.8) is 0 Å². The van der Waals surface area contributed by atoms with Gasteiger partial charge in [0.05, 0.1) is 11.3 Å². The molecule has 0 radical (unpaired) electrons. The van der Waals surface area contributed by atoms with Crippen molar-refractivity contribution in [2.75, 3.05) is 0 Å². The van der Waals surface area contributed by atoms with Crippen LogP contribution in [0.2, 0.25) is 0 Å². The van der Waals surface area contributed by atoms with E-state index in [2.05, 4.69) is 10.9 Å². The minimum Gasteiger partial charge on any atom is -0.368 e. The van der Waals surface area contributed by atoms with Gasteiger partial charge in [0.15, 0.2) is 0 Å². The third-order valence-corrected chi connectivity index (χ3v) is 3.78. The van der Waals surface area contributed by atoms with Crippen LogP contribution in [0.15, 0.2) is 79.1 Å². The standard InChI is InChI=1S/C19H18N4O2/c20-18(24)17(14-8-2-1-3-9-14)21-22-19(25)15-10-4-5-11-16(15)23-12-6-7-13-23/h1-13,17,21H,(H2,20,24)(H,22,25). The Bertz CT molecular complexity index is 860. The Hall–Kier alpha value is -3.38. The fourth-order valence-corrected chi connectivity index (χ4v) is 2.56. The Morgan fingerprint density at radius 3 is 2.20 bits per heavy atom. The second-order valence-electron chi connectivity index (χ2n) is 5.45. The highest BCUT2D eigenvalue weighted by atomic mass is 16.2. The molecule has 0 saturated carbocycles. The molecule has 2 amide bonds. The van der Waals surface area contributed by atoms with Gasteiger partial charge >= 0.3 is 0 Å². The molecule has 0 aliphatic rings. The van der Waals surface area contributed by atoms with Crippen LogP contribution in [0.3, 0.4) is 0 Å². The summed E-state index contributed by atoms with van der Waals surface area (Å²) in [7, 11) is 0. The summed E-state index contributed by atoms with van der Waals surface area (Å²) >= 11 is 0. The first-order valence-electron chi connectivity index (χ1n) is 7.79. The highest BCUT2D eigenvalue weighted by Crippen LogP contribution is 2.15. The summed E-state index contributed by atoms with van der Waals surface area (Å²) in [6.07, 6.45) is 3.71. The Morgan fingerprint density at radius 1 is 0.880 bits per heavy atom. The number of rotatable bonds is 6. The highest BCUT2D eigenvalue weighted by molar-refractivity contribution is 5.97. The highest BCUT2D eigenvalue weighted by Gasteiger charge is 2.19. The molecular formula is C19H18N4O2. The molecule has 1 atom stereocenters. The van der Waals surface area contributed by atoms with Crippen molar-refractivity contribution in [2.45, 2.75) is 6.04 Å². The van der Waals surface area contributed by atoms with Gasteiger partial charge < -0.3 is 10.3 Å². The Morgan fingerprint density at radius 2 is 1.52 bits per heavy atom. The minimum atomic E-state index is -0.816. The first kappa shape index (κ1) is 16.5. The van der Waals surface area contributed by atoms with Crippen molar-refractivity contribution in [3.05, 3.63) is 90.3 Å². The number of primary amides is 1. The summed E-state index contributed by atoms with van der Waals surface area (Å²) < 4.78 is 1.84. The van der Waals surface area contributed by atoms with Crippen LogP contribution >= 0.6 is 0 Å². The lowest BCUT2D eigenvalue weighted by molar-refractivity contribution is -0.120. The molecule has 0 fully saturated rings. The van der Waals surface area contributed by atoms with Gasteiger partial charge in [0.25, 0.3) is 5.91 Å². The van der Waals surface area contributed by atoms with Gasteiger partial charge in [0.2, 0.25) is 5.91 Å². The van der Waals surface area contributed by atoms with Gasteiger partial charge in [0.1, 0.15) is 6.04 Å². The zero-order chi connectivity index (χ0) is 17.6. The lowest BCUT2D eigenvalue weighted by atomic mass is 10.1. The second-order valence-corrected chi connectivity index (χ2v) is 5.45. The molecule has 6 heteroatoms. The number of carbonyl (C=O) groups is 2. The first-order chi connectivity index (χ1) is 12.2. The number of nitrogens with one attached hydrogen (secondary N) is 2. The topological polar surface area (TPSA) is 89.2 Å². The molecule has 3 rings (SSSR count). The van der Waals surface area contributed by atoms with Crippen LogP contribution in [0.5, 0.6) is 0 Å². The van der Waals surface area contributed by atoms with Gasteiger partial charge in [-0.15, -0.1) is 0 Å². The summed E-state index contributed by atoms with van der Waals surface area (Å²) in [5.74, 6) is -0.934. The van der Waals surface area contributed by atoms with Gasteiger partial charge in [-0.25, -0.2) is 5.43 Å². The van der Waals surface area contributed by atoms with Crippen LogP contribution in [-0.2, 0) is 4.79 Å². The van der Waals surface area contributed by atoms with Crippen molar-refractivity contribution in [3.8, 4) is 5.69 Å². The Balaban J connectivity index is 1.78. The minimum absolute atomic E-state index is 0.355. The number of hydrogen-bond acceptors (Lipinski definition) is 3. The van der Waals surface area contributed by atoms with Gasteiger partial charge in [-0.3, -0.25) is 15.0 Å². The molecule has 1 heterocycles. The number of para-hydroxylation sites is 1. The van der Waals surface area contributed by atoms with Gasteiger partial charge in [-0.1, -0.05) is 42.5 Å². The maximum atomic E-state index is 12.6. The summed E-state index contributed by atoms with van der Waals surface area (Å²) in [6, 6.07) is 19.1. The third kappa shape index (κ3) is 3.76. The van der Waals surface area contributed by atoms with Crippen LogP contribution in [0, 0.1) is 0 Å². The van der Waals surface area contributed by atoms with Gasteiger partial charge in [-0.2, -0.15) is 0 Å². The second kappa shape index (κ2) is 7.46. The van der Waals surface area contributed by atoms with Crippen molar-refractivity contribution < 1.29 is 9.59 Å². The Kier molecular flexibility index (Phi) is 4.92.